The zero-order valence-electron chi connectivity index (χ0n) is 11.0. The first-order valence-electron chi connectivity index (χ1n) is 6.27. The summed E-state index contributed by atoms with van der Waals surface area (Å²) in [7, 11) is 3.50. The molecule has 2 aromatic carbocycles. The molecule has 0 bridgehead atoms. The van der Waals surface area contributed by atoms with E-state index in [1.54, 1.807) is 21.6 Å². The monoisotopic (exact) mass is 294 g/mol. The highest BCUT2D eigenvalue weighted by Crippen LogP contribution is 2.19. The van der Waals surface area contributed by atoms with E-state index in [-0.39, 0.29) is 0 Å². The van der Waals surface area contributed by atoms with Gasteiger partial charge in [-0.05, 0) is 24.3 Å². The highest BCUT2D eigenvalue weighted by atomic mass is 33.1. The van der Waals surface area contributed by atoms with Crippen molar-refractivity contribution in [2.45, 2.75) is 0 Å². The van der Waals surface area contributed by atoms with Crippen LogP contribution in [0.2, 0.25) is 0 Å². The second kappa shape index (κ2) is 9.21. The van der Waals surface area contributed by atoms with E-state index in [0.717, 1.165) is 22.6 Å². The molecule has 20 heavy (non-hydrogen) atoms. The largest absolute Gasteiger partial charge is 0.0861 e. The first kappa shape index (κ1) is 14.7. The molecule has 0 nitrogen and oxygen atoms in total. The summed E-state index contributed by atoms with van der Waals surface area (Å²) in [6.07, 6.45) is 0. The van der Waals surface area contributed by atoms with Gasteiger partial charge in [-0.1, -0.05) is 81.7 Å². The van der Waals surface area contributed by atoms with Gasteiger partial charge in [-0.2, -0.15) is 0 Å². The van der Waals surface area contributed by atoms with Gasteiger partial charge in [0.15, 0.2) is 0 Å². The van der Waals surface area contributed by atoms with E-state index in [4.69, 9.17) is 0 Å². The molecule has 0 N–H and O–H groups in total. The van der Waals surface area contributed by atoms with Crippen LogP contribution in [0.5, 0.6) is 0 Å². The third-order valence-electron chi connectivity index (χ3n) is 2.36. The Morgan fingerprint density at radius 3 is 1.40 bits per heavy atom. The lowest BCUT2D eigenvalue weighted by atomic mass is 10.2. The Labute approximate surface area is 128 Å². The topological polar surface area (TPSA) is 0 Å². The molecule has 0 radical (unpaired) electrons. The van der Waals surface area contributed by atoms with Gasteiger partial charge in [-0.25, -0.2) is 0 Å². The van der Waals surface area contributed by atoms with Gasteiger partial charge in [0.05, 0.1) is 11.5 Å². The fraction of sp³-hybridized carbons (Fsp3) is 0.111. The van der Waals surface area contributed by atoms with Gasteiger partial charge in [-0.3, -0.25) is 0 Å². The molecule has 0 saturated heterocycles. The Balaban J connectivity index is 1.63. The number of benzene rings is 2. The summed E-state index contributed by atoms with van der Waals surface area (Å²) >= 11 is 0. The molecule has 0 saturated carbocycles. The SMILES string of the molecule is C(#Cc1ccccc1)CSSCC#Cc1ccccc1. The molecule has 0 aliphatic carbocycles. The van der Waals surface area contributed by atoms with Gasteiger partial charge in [0.25, 0.3) is 0 Å². The molecule has 2 aromatic rings. The average molecular weight is 294 g/mol. The first-order valence-corrected chi connectivity index (χ1v) is 8.76. The fourth-order valence-electron chi connectivity index (χ4n) is 1.46. The predicted molar refractivity (Wildman–Crippen MR) is 91.6 cm³/mol. The summed E-state index contributed by atoms with van der Waals surface area (Å²) in [5, 5.41) is 0. The van der Waals surface area contributed by atoms with Gasteiger partial charge >= 0.3 is 0 Å². The maximum atomic E-state index is 3.15. The predicted octanol–water partition coefficient (Wildman–Crippen LogP) is 4.47. The summed E-state index contributed by atoms with van der Waals surface area (Å²) in [5.41, 5.74) is 2.14. The minimum Gasteiger partial charge on any atom is -0.0861 e. The molecule has 0 atom stereocenters. The van der Waals surface area contributed by atoms with E-state index >= 15 is 0 Å². The van der Waals surface area contributed by atoms with Gasteiger partial charge in [-0.15, -0.1) is 0 Å². The molecule has 98 valence electrons. The summed E-state index contributed by atoms with van der Waals surface area (Å²) < 4.78 is 0. The van der Waals surface area contributed by atoms with Crippen LogP contribution in [0.15, 0.2) is 60.7 Å². The average Bonchev–Trinajstić information content (AvgIpc) is 2.52. The smallest absolute Gasteiger partial charge is 0.0655 e. The zero-order chi connectivity index (χ0) is 13.9. The summed E-state index contributed by atoms with van der Waals surface area (Å²) in [6, 6.07) is 20.1. The summed E-state index contributed by atoms with van der Waals surface area (Å²) in [4.78, 5) is 0. The molecule has 0 aliphatic heterocycles. The maximum Gasteiger partial charge on any atom is 0.0655 e. The highest BCUT2D eigenvalue weighted by Gasteiger charge is 1.86. The molecule has 0 spiro atoms. The molecule has 0 heterocycles. The van der Waals surface area contributed by atoms with Gasteiger partial charge in [0.1, 0.15) is 0 Å². The molecule has 0 aromatic heterocycles. The van der Waals surface area contributed by atoms with Crippen LogP contribution >= 0.6 is 21.6 Å². The minimum absolute atomic E-state index is 0.826. The fourth-order valence-corrected chi connectivity index (χ4v) is 2.74. The third kappa shape index (κ3) is 5.93. The van der Waals surface area contributed by atoms with Crippen molar-refractivity contribution >= 4 is 21.6 Å². The molecule has 2 heteroatoms. The Hall–Kier alpha value is -1.74. The number of hydrogen-bond donors (Lipinski definition) is 0. The van der Waals surface area contributed by atoms with Crippen LogP contribution in [0.3, 0.4) is 0 Å². The molecular formula is C18H14S2. The maximum absolute atomic E-state index is 3.15. The van der Waals surface area contributed by atoms with Crippen LogP contribution in [-0.2, 0) is 0 Å². The van der Waals surface area contributed by atoms with E-state index in [0.29, 0.717) is 0 Å². The second-order valence-corrected chi connectivity index (χ2v) is 6.32. The van der Waals surface area contributed by atoms with Crippen molar-refractivity contribution < 1.29 is 0 Å². The van der Waals surface area contributed by atoms with Crippen molar-refractivity contribution in [2.24, 2.45) is 0 Å². The van der Waals surface area contributed by atoms with E-state index in [1.807, 2.05) is 60.7 Å². The standard InChI is InChI=1S/C18H14S2/c1-3-9-17(10-4-1)13-7-15-19-20-16-8-14-18-11-5-2-6-12-18/h1-6,9-12H,15-16H2. The van der Waals surface area contributed by atoms with Gasteiger partial charge in [0.2, 0.25) is 0 Å². The van der Waals surface area contributed by atoms with Gasteiger partial charge in [0, 0.05) is 11.1 Å². The van der Waals surface area contributed by atoms with Gasteiger partial charge < -0.3 is 0 Å². The molecule has 0 amide bonds. The van der Waals surface area contributed by atoms with Crippen molar-refractivity contribution in [1.82, 2.24) is 0 Å². The Bertz CT molecular complexity index is 566. The van der Waals surface area contributed by atoms with Crippen LogP contribution in [0.25, 0.3) is 0 Å². The van der Waals surface area contributed by atoms with Crippen molar-refractivity contribution in [3.8, 4) is 23.7 Å². The van der Waals surface area contributed by atoms with Crippen molar-refractivity contribution in [2.75, 3.05) is 11.5 Å². The van der Waals surface area contributed by atoms with Crippen molar-refractivity contribution in [3.63, 3.8) is 0 Å². The second-order valence-electron chi connectivity index (χ2n) is 3.86. The molecule has 0 unspecified atom stereocenters. The highest BCUT2D eigenvalue weighted by molar-refractivity contribution is 8.76. The van der Waals surface area contributed by atoms with Crippen LogP contribution < -0.4 is 0 Å². The molecule has 2 rings (SSSR count). The van der Waals surface area contributed by atoms with Crippen molar-refractivity contribution in [3.05, 3.63) is 71.8 Å². The number of hydrogen-bond acceptors (Lipinski definition) is 2. The first-order chi connectivity index (χ1) is 9.95. The van der Waals surface area contributed by atoms with Crippen LogP contribution in [0, 0.1) is 23.7 Å². The number of rotatable bonds is 3. The Kier molecular flexibility index (Phi) is 6.75. The summed E-state index contributed by atoms with van der Waals surface area (Å²) in [5.74, 6) is 14.2. The normalized spacial score (nSPS) is 9.00. The molecule has 0 aliphatic rings. The minimum atomic E-state index is 0.826. The quantitative estimate of drug-likeness (QED) is 0.465. The zero-order valence-corrected chi connectivity index (χ0v) is 12.6. The molecular weight excluding hydrogens is 280 g/mol. The Morgan fingerprint density at radius 2 is 1.00 bits per heavy atom. The lowest BCUT2D eigenvalue weighted by Crippen LogP contribution is -1.74. The van der Waals surface area contributed by atoms with E-state index in [9.17, 15) is 0 Å². The third-order valence-corrected chi connectivity index (χ3v) is 4.26. The van der Waals surface area contributed by atoms with Crippen LogP contribution in [-0.4, -0.2) is 11.5 Å². The lowest BCUT2D eigenvalue weighted by molar-refractivity contribution is 1.64. The van der Waals surface area contributed by atoms with E-state index < -0.39 is 0 Å². The Morgan fingerprint density at radius 1 is 0.600 bits per heavy atom. The van der Waals surface area contributed by atoms with Crippen LogP contribution in [0.1, 0.15) is 11.1 Å². The lowest BCUT2D eigenvalue weighted by Gasteiger charge is -1.90. The van der Waals surface area contributed by atoms with E-state index in [2.05, 4.69) is 23.7 Å². The van der Waals surface area contributed by atoms with E-state index in [1.165, 1.54) is 0 Å². The summed E-state index contributed by atoms with van der Waals surface area (Å²) in [6.45, 7) is 0. The molecule has 0 fully saturated rings. The van der Waals surface area contributed by atoms with Crippen molar-refractivity contribution in [1.29, 1.82) is 0 Å². The van der Waals surface area contributed by atoms with Crippen LogP contribution in [0.4, 0.5) is 0 Å².